The number of carbonyl (C=O) groups excluding carboxylic acids is 1. The number of carboxylic acids is 1. The van der Waals surface area contributed by atoms with Gasteiger partial charge in [-0.2, -0.15) is 0 Å². The Bertz CT molecular complexity index is 689. The number of benzene rings is 2. The van der Waals surface area contributed by atoms with E-state index in [2.05, 4.69) is 5.32 Å². The molecule has 1 aliphatic rings. The molecule has 0 aromatic heterocycles. The lowest BCUT2D eigenvalue weighted by Gasteiger charge is -2.20. The average molecular weight is 353 g/mol. The molecule has 1 fully saturated rings. The highest BCUT2D eigenvalue weighted by atomic mass is 16.5. The fraction of sp³-hybridized carbons (Fsp3) is 0.333. The standard InChI is InChI=1S/C21H23NO4/c23-19(22-18(21(24)25)13-15-11-12-15)14-26-20(16-7-3-1-4-8-16)17-9-5-2-6-10-17/h1-10,15,18,20H,11-14H2,(H,22,23)(H,24,25). The first-order chi connectivity index (χ1) is 12.6. The quantitative estimate of drug-likeness (QED) is 0.726. The molecule has 1 aliphatic carbocycles. The number of aliphatic carboxylic acids is 1. The van der Waals surface area contributed by atoms with Crippen molar-refractivity contribution in [1.82, 2.24) is 5.32 Å². The Morgan fingerprint density at radius 1 is 1.00 bits per heavy atom. The fourth-order valence-electron chi connectivity index (χ4n) is 2.94. The summed E-state index contributed by atoms with van der Waals surface area (Å²) < 4.78 is 5.87. The molecule has 1 unspecified atom stereocenters. The van der Waals surface area contributed by atoms with Crippen LogP contribution in [0.1, 0.15) is 36.5 Å². The van der Waals surface area contributed by atoms with Crippen molar-refractivity contribution < 1.29 is 19.4 Å². The summed E-state index contributed by atoms with van der Waals surface area (Å²) in [6.45, 7) is -0.192. The van der Waals surface area contributed by atoms with Crippen LogP contribution in [0.3, 0.4) is 0 Å². The van der Waals surface area contributed by atoms with Gasteiger partial charge < -0.3 is 15.2 Å². The second kappa shape index (κ2) is 8.63. The summed E-state index contributed by atoms with van der Waals surface area (Å²) in [5, 5.41) is 11.9. The summed E-state index contributed by atoms with van der Waals surface area (Å²) in [6, 6.07) is 18.5. The van der Waals surface area contributed by atoms with E-state index in [4.69, 9.17) is 4.74 Å². The lowest BCUT2D eigenvalue weighted by atomic mass is 10.0. The van der Waals surface area contributed by atoms with E-state index in [1.54, 1.807) is 0 Å². The minimum atomic E-state index is -0.993. The molecule has 0 radical (unpaired) electrons. The molecule has 0 bridgehead atoms. The van der Waals surface area contributed by atoms with Gasteiger partial charge in [0.25, 0.3) is 0 Å². The van der Waals surface area contributed by atoms with Crippen LogP contribution < -0.4 is 5.32 Å². The number of nitrogens with one attached hydrogen (secondary N) is 1. The van der Waals surface area contributed by atoms with Crippen molar-refractivity contribution in [2.45, 2.75) is 31.4 Å². The van der Waals surface area contributed by atoms with Crippen molar-refractivity contribution >= 4 is 11.9 Å². The predicted molar refractivity (Wildman–Crippen MR) is 97.6 cm³/mol. The summed E-state index contributed by atoms with van der Waals surface area (Å²) in [7, 11) is 0. The van der Waals surface area contributed by atoms with Gasteiger partial charge in [-0.15, -0.1) is 0 Å². The Balaban J connectivity index is 1.63. The molecule has 0 spiro atoms. The van der Waals surface area contributed by atoms with Gasteiger partial charge in [-0.3, -0.25) is 4.79 Å². The summed E-state index contributed by atoms with van der Waals surface area (Å²) in [5.74, 6) is -0.985. The van der Waals surface area contributed by atoms with E-state index < -0.39 is 17.9 Å². The Morgan fingerprint density at radius 2 is 1.54 bits per heavy atom. The zero-order chi connectivity index (χ0) is 18.4. The van der Waals surface area contributed by atoms with Gasteiger partial charge in [-0.25, -0.2) is 4.79 Å². The lowest BCUT2D eigenvalue weighted by molar-refractivity contribution is -0.143. The van der Waals surface area contributed by atoms with Crippen LogP contribution in [-0.4, -0.2) is 29.6 Å². The molecule has 2 aromatic rings. The Labute approximate surface area is 153 Å². The zero-order valence-electron chi connectivity index (χ0n) is 14.5. The second-order valence-electron chi connectivity index (χ2n) is 6.65. The largest absolute Gasteiger partial charge is 0.480 e. The normalized spacial score (nSPS) is 14.8. The number of amides is 1. The first kappa shape index (κ1) is 18.1. The van der Waals surface area contributed by atoms with E-state index in [1.807, 2.05) is 60.7 Å². The third kappa shape index (κ3) is 5.17. The first-order valence-corrected chi connectivity index (χ1v) is 8.87. The first-order valence-electron chi connectivity index (χ1n) is 8.87. The fourth-order valence-corrected chi connectivity index (χ4v) is 2.94. The van der Waals surface area contributed by atoms with Gasteiger partial charge in [0.2, 0.25) is 5.91 Å². The van der Waals surface area contributed by atoms with Gasteiger partial charge in [-0.1, -0.05) is 73.5 Å². The summed E-state index contributed by atoms with van der Waals surface area (Å²) >= 11 is 0. The number of hydrogen-bond donors (Lipinski definition) is 2. The molecule has 136 valence electrons. The average Bonchev–Trinajstić information content (AvgIpc) is 3.47. The number of carboxylic acid groups (broad SMARTS) is 1. The molecule has 26 heavy (non-hydrogen) atoms. The van der Waals surface area contributed by atoms with Gasteiger partial charge >= 0.3 is 5.97 Å². The zero-order valence-corrected chi connectivity index (χ0v) is 14.5. The highest BCUT2D eigenvalue weighted by Crippen LogP contribution is 2.33. The SMILES string of the molecule is O=C(COC(c1ccccc1)c1ccccc1)NC(CC1CC1)C(=O)O. The van der Waals surface area contributed by atoms with Crippen molar-refractivity contribution in [1.29, 1.82) is 0 Å². The predicted octanol–water partition coefficient (Wildman–Crippen LogP) is 3.16. The van der Waals surface area contributed by atoms with Crippen LogP contribution >= 0.6 is 0 Å². The van der Waals surface area contributed by atoms with Crippen LogP contribution in [-0.2, 0) is 14.3 Å². The number of carbonyl (C=O) groups is 2. The van der Waals surface area contributed by atoms with Gasteiger partial charge in [0.1, 0.15) is 18.8 Å². The molecular formula is C21H23NO4. The molecule has 3 rings (SSSR count). The molecule has 1 amide bonds. The second-order valence-corrected chi connectivity index (χ2v) is 6.65. The van der Waals surface area contributed by atoms with Crippen molar-refractivity contribution in [3.8, 4) is 0 Å². The molecule has 0 heterocycles. The summed E-state index contributed by atoms with van der Waals surface area (Å²) in [6.07, 6.45) is 2.19. The molecule has 1 atom stereocenters. The van der Waals surface area contributed by atoms with Crippen LogP contribution in [0.25, 0.3) is 0 Å². The van der Waals surface area contributed by atoms with Crippen LogP contribution in [0.2, 0.25) is 0 Å². The van der Waals surface area contributed by atoms with E-state index in [1.165, 1.54) is 0 Å². The topological polar surface area (TPSA) is 75.6 Å². The van der Waals surface area contributed by atoms with Crippen LogP contribution in [0.5, 0.6) is 0 Å². The van der Waals surface area contributed by atoms with Crippen LogP contribution in [0.15, 0.2) is 60.7 Å². The summed E-state index contributed by atoms with van der Waals surface area (Å²) in [4.78, 5) is 23.6. The highest BCUT2D eigenvalue weighted by Gasteiger charge is 2.30. The molecular weight excluding hydrogens is 330 g/mol. The molecule has 2 N–H and O–H groups in total. The lowest BCUT2D eigenvalue weighted by Crippen LogP contribution is -2.43. The van der Waals surface area contributed by atoms with Crippen LogP contribution in [0, 0.1) is 5.92 Å². The molecule has 5 nitrogen and oxygen atoms in total. The van der Waals surface area contributed by atoms with Crippen molar-refractivity contribution in [3.05, 3.63) is 71.8 Å². The van der Waals surface area contributed by atoms with E-state index in [0.29, 0.717) is 12.3 Å². The molecule has 2 aromatic carbocycles. The number of rotatable bonds is 9. The molecule has 5 heteroatoms. The number of hydrogen-bond acceptors (Lipinski definition) is 3. The van der Waals surface area contributed by atoms with E-state index in [0.717, 1.165) is 24.0 Å². The van der Waals surface area contributed by atoms with Gasteiger partial charge in [0, 0.05) is 0 Å². The van der Waals surface area contributed by atoms with Gasteiger partial charge in [-0.05, 0) is 23.5 Å². The Kier molecular flexibility index (Phi) is 6.02. The molecule has 1 saturated carbocycles. The van der Waals surface area contributed by atoms with Crippen molar-refractivity contribution in [2.24, 2.45) is 5.92 Å². The Morgan fingerprint density at radius 3 is 2.00 bits per heavy atom. The monoisotopic (exact) mass is 353 g/mol. The van der Waals surface area contributed by atoms with E-state index in [9.17, 15) is 14.7 Å². The maximum absolute atomic E-state index is 12.2. The van der Waals surface area contributed by atoms with E-state index >= 15 is 0 Å². The molecule has 0 saturated heterocycles. The minimum absolute atomic E-state index is 0.192. The smallest absolute Gasteiger partial charge is 0.326 e. The van der Waals surface area contributed by atoms with Crippen molar-refractivity contribution in [3.63, 3.8) is 0 Å². The Hall–Kier alpha value is -2.66. The highest BCUT2D eigenvalue weighted by molar-refractivity contribution is 5.84. The van der Waals surface area contributed by atoms with Crippen molar-refractivity contribution in [2.75, 3.05) is 6.61 Å². The maximum Gasteiger partial charge on any atom is 0.326 e. The number of ether oxygens (including phenoxy) is 1. The van der Waals surface area contributed by atoms with Gasteiger partial charge in [0.05, 0.1) is 0 Å². The summed E-state index contributed by atoms with van der Waals surface area (Å²) in [5.41, 5.74) is 1.89. The van der Waals surface area contributed by atoms with E-state index in [-0.39, 0.29) is 12.7 Å². The minimum Gasteiger partial charge on any atom is -0.480 e. The maximum atomic E-state index is 12.2. The third-order valence-corrected chi connectivity index (χ3v) is 4.49. The van der Waals surface area contributed by atoms with Gasteiger partial charge in [0.15, 0.2) is 0 Å². The van der Waals surface area contributed by atoms with Crippen LogP contribution in [0.4, 0.5) is 0 Å². The third-order valence-electron chi connectivity index (χ3n) is 4.49. The molecule has 0 aliphatic heterocycles.